The van der Waals surface area contributed by atoms with Crippen LogP contribution in [0.15, 0.2) is 60.7 Å². The van der Waals surface area contributed by atoms with Crippen molar-refractivity contribution >= 4 is 23.2 Å². The summed E-state index contributed by atoms with van der Waals surface area (Å²) < 4.78 is 7.27. The summed E-state index contributed by atoms with van der Waals surface area (Å²) in [5.41, 5.74) is 2.18. The first-order valence-corrected chi connectivity index (χ1v) is 7.98. The van der Waals surface area contributed by atoms with Crippen molar-refractivity contribution in [2.24, 2.45) is 0 Å². The maximum absolute atomic E-state index is 11.2. The number of hydrogen-bond acceptors (Lipinski definition) is 5. The molecular weight excluding hydrogens is 356 g/mol. The van der Waals surface area contributed by atoms with E-state index in [2.05, 4.69) is 15.3 Å². The molecule has 0 bridgehead atoms. The van der Waals surface area contributed by atoms with E-state index in [-0.39, 0.29) is 10.8 Å². The van der Waals surface area contributed by atoms with Crippen molar-refractivity contribution in [2.45, 2.75) is 0 Å². The fourth-order valence-electron chi connectivity index (χ4n) is 2.53. The minimum absolute atomic E-state index is 0.132. The monoisotopic (exact) mass is 366 g/mol. The van der Waals surface area contributed by atoms with Crippen molar-refractivity contribution in [1.82, 2.24) is 19.8 Å². The Labute approximate surface area is 152 Å². The molecule has 0 aliphatic carbocycles. The van der Waals surface area contributed by atoms with Gasteiger partial charge in [-0.15, -0.1) is 15.3 Å². The van der Waals surface area contributed by atoms with Gasteiger partial charge in [0.1, 0.15) is 5.75 Å². The second-order valence-corrected chi connectivity index (χ2v) is 5.73. The number of rotatable bonds is 4. The van der Waals surface area contributed by atoms with E-state index < -0.39 is 5.97 Å². The summed E-state index contributed by atoms with van der Waals surface area (Å²) in [6.45, 7) is 0. The lowest BCUT2D eigenvalue weighted by atomic mass is 10.0. The second-order valence-electron chi connectivity index (χ2n) is 5.39. The quantitative estimate of drug-likeness (QED) is 0.588. The third-order valence-corrected chi connectivity index (χ3v) is 3.96. The zero-order valence-corrected chi connectivity index (χ0v) is 14.0. The van der Waals surface area contributed by atoms with Crippen LogP contribution in [0.5, 0.6) is 11.6 Å². The molecule has 0 amide bonds. The molecular formula is C18H11ClN4O3. The molecule has 2 heterocycles. The van der Waals surface area contributed by atoms with Crippen LogP contribution in [0.1, 0.15) is 10.4 Å². The van der Waals surface area contributed by atoms with Crippen LogP contribution < -0.4 is 4.74 Å². The van der Waals surface area contributed by atoms with Crippen LogP contribution in [0.25, 0.3) is 16.8 Å². The number of benzene rings is 2. The van der Waals surface area contributed by atoms with Crippen molar-refractivity contribution in [3.8, 4) is 22.8 Å². The highest BCUT2D eigenvalue weighted by molar-refractivity contribution is 6.28. The molecule has 1 N–H and O–H groups in total. The Morgan fingerprint density at radius 2 is 1.88 bits per heavy atom. The number of carbonyl (C=O) groups is 1. The number of ether oxygens (including phenoxy) is 1. The van der Waals surface area contributed by atoms with Gasteiger partial charge in [0.05, 0.1) is 5.56 Å². The highest BCUT2D eigenvalue weighted by Crippen LogP contribution is 2.33. The zero-order chi connectivity index (χ0) is 18.1. The standard InChI is InChI=1S/C18H11ClN4O3/c19-18-21-20-15-8-9-16(22-23(15)18)26-14-7-2-1-6-13(14)11-4-3-5-12(10-11)17(24)25/h1-10H,(H,24,25). The average molecular weight is 367 g/mol. The highest BCUT2D eigenvalue weighted by atomic mass is 35.5. The molecule has 4 rings (SSSR count). The Balaban J connectivity index is 1.74. The molecule has 4 aromatic rings. The van der Waals surface area contributed by atoms with Crippen LogP contribution in [-0.2, 0) is 0 Å². The number of para-hydroxylation sites is 1. The SMILES string of the molecule is O=C(O)c1cccc(-c2ccccc2Oc2ccc3nnc(Cl)n3n2)c1. The van der Waals surface area contributed by atoms with Gasteiger partial charge in [0.25, 0.3) is 0 Å². The van der Waals surface area contributed by atoms with E-state index in [9.17, 15) is 9.90 Å². The summed E-state index contributed by atoms with van der Waals surface area (Å²) in [5.74, 6) is -0.147. The molecule has 0 fully saturated rings. The number of nitrogens with zero attached hydrogens (tertiary/aromatic N) is 4. The Bertz CT molecular complexity index is 1130. The molecule has 2 aromatic carbocycles. The van der Waals surface area contributed by atoms with E-state index in [1.54, 1.807) is 36.4 Å². The smallest absolute Gasteiger partial charge is 0.335 e. The van der Waals surface area contributed by atoms with Gasteiger partial charge in [-0.25, -0.2) is 4.79 Å². The van der Waals surface area contributed by atoms with Crippen LogP contribution in [0.2, 0.25) is 5.28 Å². The predicted molar refractivity (Wildman–Crippen MR) is 94.7 cm³/mol. The van der Waals surface area contributed by atoms with Crippen LogP contribution in [0.4, 0.5) is 0 Å². The number of hydrogen-bond donors (Lipinski definition) is 1. The normalized spacial score (nSPS) is 10.8. The average Bonchev–Trinajstić information content (AvgIpc) is 3.03. The van der Waals surface area contributed by atoms with Gasteiger partial charge in [-0.05, 0) is 41.4 Å². The van der Waals surface area contributed by atoms with E-state index in [0.29, 0.717) is 17.3 Å². The summed E-state index contributed by atoms with van der Waals surface area (Å²) in [7, 11) is 0. The van der Waals surface area contributed by atoms with E-state index in [1.807, 2.05) is 24.3 Å². The number of carboxylic acid groups (broad SMARTS) is 1. The molecule has 0 spiro atoms. The van der Waals surface area contributed by atoms with Crippen molar-refractivity contribution < 1.29 is 14.6 Å². The van der Waals surface area contributed by atoms with Gasteiger partial charge >= 0.3 is 5.97 Å². The number of halogens is 1. The fourth-order valence-corrected chi connectivity index (χ4v) is 2.69. The van der Waals surface area contributed by atoms with Crippen molar-refractivity contribution in [3.63, 3.8) is 0 Å². The van der Waals surface area contributed by atoms with Crippen molar-refractivity contribution in [2.75, 3.05) is 0 Å². The van der Waals surface area contributed by atoms with Gasteiger partial charge in [-0.3, -0.25) is 0 Å². The third kappa shape index (κ3) is 2.96. The summed E-state index contributed by atoms with van der Waals surface area (Å²) >= 11 is 5.94. The minimum atomic E-state index is -0.986. The Morgan fingerprint density at radius 3 is 2.73 bits per heavy atom. The van der Waals surface area contributed by atoms with Crippen LogP contribution in [0, 0.1) is 0 Å². The molecule has 0 radical (unpaired) electrons. The van der Waals surface area contributed by atoms with E-state index in [4.69, 9.17) is 16.3 Å². The van der Waals surface area contributed by atoms with Crippen molar-refractivity contribution in [3.05, 3.63) is 71.5 Å². The van der Waals surface area contributed by atoms with E-state index in [0.717, 1.165) is 11.1 Å². The highest BCUT2D eigenvalue weighted by Gasteiger charge is 2.12. The van der Waals surface area contributed by atoms with Crippen molar-refractivity contribution in [1.29, 1.82) is 0 Å². The summed E-state index contributed by atoms with van der Waals surface area (Å²) in [6.07, 6.45) is 0. The minimum Gasteiger partial charge on any atom is -0.478 e. The molecule has 0 unspecified atom stereocenters. The summed E-state index contributed by atoms with van der Waals surface area (Å²) in [4.78, 5) is 11.2. The molecule has 0 atom stereocenters. The van der Waals surface area contributed by atoms with Gasteiger partial charge in [0.2, 0.25) is 11.2 Å². The largest absolute Gasteiger partial charge is 0.478 e. The Morgan fingerprint density at radius 1 is 1.04 bits per heavy atom. The maximum Gasteiger partial charge on any atom is 0.335 e. The van der Waals surface area contributed by atoms with Gasteiger partial charge < -0.3 is 9.84 Å². The predicted octanol–water partition coefficient (Wildman–Crippen LogP) is 3.94. The fraction of sp³-hybridized carbons (Fsp3) is 0. The van der Waals surface area contributed by atoms with Gasteiger partial charge in [-0.1, -0.05) is 30.3 Å². The summed E-state index contributed by atoms with van der Waals surface area (Å²) in [5, 5.41) is 21.2. The van der Waals surface area contributed by atoms with Gasteiger partial charge in [-0.2, -0.15) is 4.52 Å². The second kappa shape index (κ2) is 6.45. The van der Waals surface area contributed by atoms with Gasteiger partial charge in [0.15, 0.2) is 5.65 Å². The topological polar surface area (TPSA) is 89.6 Å². The molecule has 0 saturated heterocycles. The number of fused-ring (bicyclic) bond motifs is 1. The van der Waals surface area contributed by atoms with Crippen LogP contribution in [0.3, 0.4) is 0 Å². The Kier molecular flexibility index (Phi) is 3.98. The molecule has 26 heavy (non-hydrogen) atoms. The maximum atomic E-state index is 11.2. The Hall–Kier alpha value is -3.45. The molecule has 2 aromatic heterocycles. The van der Waals surface area contributed by atoms with Gasteiger partial charge in [0, 0.05) is 11.6 Å². The number of carboxylic acids is 1. The number of aromatic nitrogens is 4. The van der Waals surface area contributed by atoms with Crippen LogP contribution in [-0.4, -0.2) is 30.9 Å². The molecule has 0 aliphatic heterocycles. The first kappa shape index (κ1) is 16.0. The third-order valence-electron chi connectivity index (χ3n) is 3.72. The number of aromatic carboxylic acids is 1. The molecule has 0 aliphatic rings. The van der Waals surface area contributed by atoms with E-state index in [1.165, 1.54) is 4.52 Å². The first-order chi connectivity index (χ1) is 12.6. The van der Waals surface area contributed by atoms with Crippen LogP contribution >= 0.6 is 11.6 Å². The lowest BCUT2D eigenvalue weighted by molar-refractivity contribution is 0.0697. The molecule has 0 saturated carbocycles. The molecule has 7 nitrogen and oxygen atoms in total. The lowest BCUT2D eigenvalue weighted by Crippen LogP contribution is -1.98. The summed E-state index contributed by atoms with van der Waals surface area (Å²) in [6, 6.07) is 17.3. The lowest BCUT2D eigenvalue weighted by Gasteiger charge is -2.11. The molecule has 8 heteroatoms. The first-order valence-electron chi connectivity index (χ1n) is 7.60. The molecule has 128 valence electrons. The zero-order valence-electron chi connectivity index (χ0n) is 13.2. The van der Waals surface area contributed by atoms with E-state index >= 15 is 0 Å².